The largest absolute Gasteiger partial charge is 0.392 e. The predicted octanol–water partition coefficient (Wildman–Crippen LogP) is 4.50. The Morgan fingerprint density at radius 1 is 1.11 bits per heavy atom. The number of aliphatic hydroxyl groups is 1. The van der Waals surface area contributed by atoms with Crippen molar-refractivity contribution in [2.45, 2.75) is 59.0 Å². The molecule has 1 nitrogen and oxygen atoms in total. The van der Waals surface area contributed by atoms with Crippen molar-refractivity contribution in [1.29, 1.82) is 0 Å². The van der Waals surface area contributed by atoms with Gasteiger partial charge in [-0.15, -0.1) is 0 Å². The summed E-state index contributed by atoms with van der Waals surface area (Å²) in [5.74, 6) is 1.57. The average Bonchev–Trinajstić information content (AvgIpc) is 2.38. The SMILES string of the molecule is CC(C)(C)C1CCC(c2cccc(CO)c2)CC1. The van der Waals surface area contributed by atoms with Gasteiger partial charge in [0.2, 0.25) is 0 Å². The third-order valence-electron chi connectivity index (χ3n) is 4.56. The van der Waals surface area contributed by atoms with E-state index in [1.807, 2.05) is 6.07 Å². The van der Waals surface area contributed by atoms with E-state index in [9.17, 15) is 5.11 Å². The van der Waals surface area contributed by atoms with Crippen LogP contribution in [-0.4, -0.2) is 5.11 Å². The molecule has 0 atom stereocenters. The van der Waals surface area contributed by atoms with E-state index in [4.69, 9.17) is 0 Å². The van der Waals surface area contributed by atoms with Gasteiger partial charge in [0.15, 0.2) is 0 Å². The Kier molecular flexibility index (Phi) is 4.11. The summed E-state index contributed by atoms with van der Waals surface area (Å²) in [7, 11) is 0. The summed E-state index contributed by atoms with van der Waals surface area (Å²) in [6, 6.07) is 8.49. The summed E-state index contributed by atoms with van der Waals surface area (Å²) in [6.45, 7) is 7.25. The van der Waals surface area contributed by atoms with Crippen molar-refractivity contribution in [2.75, 3.05) is 0 Å². The maximum absolute atomic E-state index is 9.21. The van der Waals surface area contributed by atoms with Crippen LogP contribution in [0.1, 0.15) is 63.5 Å². The summed E-state index contributed by atoms with van der Waals surface area (Å²) < 4.78 is 0. The van der Waals surface area contributed by atoms with Crippen molar-refractivity contribution < 1.29 is 5.11 Å². The molecule has 0 saturated heterocycles. The van der Waals surface area contributed by atoms with E-state index in [2.05, 4.69) is 39.0 Å². The monoisotopic (exact) mass is 246 g/mol. The first-order chi connectivity index (χ1) is 8.50. The van der Waals surface area contributed by atoms with Crippen LogP contribution in [-0.2, 0) is 6.61 Å². The quantitative estimate of drug-likeness (QED) is 0.814. The molecule has 1 aromatic carbocycles. The van der Waals surface area contributed by atoms with Gasteiger partial charge < -0.3 is 5.11 Å². The zero-order valence-corrected chi connectivity index (χ0v) is 11.9. The lowest BCUT2D eigenvalue weighted by atomic mass is 9.68. The smallest absolute Gasteiger partial charge is 0.0681 e. The van der Waals surface area contributed by atoms with E-state index < -0.39 is 0 Å². The van der Waals surface area contributed by atoms with Crippen LogP contribution in [0.3, 0.4) is 0 Å². The predicted molar refractivity (Wildman–Crippen MR) is 76.5 cm³/mol. The first-order valence-corrected chi connectivity index (χ1v) is 7.20. The molecule has 0 radical (unpaired) electrons. The molecule has 2 rings (SSSR count). The minimum Gasteiger partial charge on any atom is -0.392 e. The molecule has 0 spiro atoms. The lowest BCUT2D eigenvalue weighted by Gasteiger charge is -2.37. The molecule has 0 bridgehead atoms. The van der Waals surface area contributed by atoms with Gasteiger partial charge in [0, 0.05) is 0 Å². The molecule has 1 aliphatic carbocycles. The molecular weight excluding hydrogens is 220 g/mol. The van der Waals surface area contributed by atoms with Crippen LogP contribution in [0.5, 0.6) is 0 Å². The average molecular weight is 246 g/mol. The zero-order valence-electron chi connectivity index (χ0n) is 11.9. The van der Waals surface area contributed by atoms with E-state index in [1.165, 1.54) is 31.2 Å². The van der Waals surface area contributed by atoms with Crippen LogP contribution in [0, 0.1) is 11.3 Å². The minimum atomic E-state index is 0.158. The zero-order chi connectivity index (χ0) is 13.2. The Morgan fingerprint density at radius 2 is 1.78 bits per heavy atom. The van der Waals surface area contributed by atoms with E-state index in [0.29, 0.717) is 11.3 Å². The van der Waals surface area contributed by atoms with Crippen molar-refractivity contribution in [2.24, 2.45) is 11.3 Å². The fraction of sp³-hybridized carbons (Fsp3) is 0.647. The van der Waals surface area contributed by atoms with Crippen LogP contribution < -0.4 is 0 Å². The highest BCUT2D eigenvalue weighted by molar-refractivity contribution is 5.26. The van der Waals surface area contributed by atoms with Gasteiger partial charge in [-0.2, -0.15) is 0 Å². The second-order valence-corrected chi connectivity index (χ2v) is 6.82. The van der Waals surface area contributed by atoms with Crippen LogP contribution >= 0.6 is 0 Å². The molecule has 0 aromatic heterocycles. The highest BCUT2D eigenvalue weighted by atomic mass is 16.3. The molecule has 1 heteroatoms. The molecule has 1 saturated carbocycles. The summed E-state index contributed by atoms with van der Waals surface area (Å²) in [5, 5.41) is 9.21. The van der Waals surface area contributed by atoms with Gasteiger partial charge in [-0.05, 0) is 54.1 Å². The molecule has 18 heavy (non-hydrogen) atoms. The van der Waals surface area contributed by atoms with Crippen LogP contribution in [0.15, 0.2) is 24.3 Å². The van der Waals surface area contributed by atoms with Gasteiger partial charge in [0.05, 0.1) is 6.61 Å². The number of hydrogen-bond acceptors (Lipinski definition) is 1. The standard InChI is InChI=1S/C17H26O/c1-17(2,3)16-9-7-14(8-10-16)15-6-4-5-13(11-15)12-18/h4-6,11,14,16,18H,7-10,12H2,1-3H3. The third-order valence-corrected chi connectivity index (χ3v) is 4.56. The molecular formula is C17H26O. The van der Waals surface area contributed by atoms with Gasteiger partial charge >= 0.3 is 0 Å². The Labute approximate surface area is 111 Å². The lowest BCUT2D eigenvalue weighted by molar-refractivity contribution is 0.169. The van der Waals surface area contributed by atoms with Gasteiger partial charge in [-0.3, -0.25) is 0 Å². The molecule has 1 aromatic rings. The van der Waals surface area contributed by atoms with E-state index in [0.717, 1.165) is 11.5 Å². The van der Waals surface area contributed by atoms with Gasteiger partial charge in [0.1, 0.15) is 0 Å². The van der Waals surface area contributed by atoms with Gasteiger partial charge in [-0.1, -0.05) is 45.0 Å². The van der Waals surface area contributed by atoms with E-state index in [-0.39, 0.29) is 6.61 Å². The Morgan fingerprint density at radius 3 is 2.33 bits per heavy atom. The van der Waals surface area contributed by atoms with Crippen molar-refractivity contribution in [1.82, 2.24) is 0 Å². The Bertz CT molecular complexity index is 381. The first-order valence-electron chi connectivity index (χ1n) is 7.20. The Hall–Kier alpha value is -0.820. The Balaban J connectivity index is 2.01. The number of benzene rings is 1. The molecule has 0 aliphatic heterocycles. The highest BCUT2D eigenvalue weighted by Gasteiger charge is 2.30. The minimum absolute atomic E-state index is 0.158. The van der Waals surface area contributed by atoms with E-state index >= 15 is 0 Å². The molecule has 1 fully saturated rings. The molecule has 0 heterocycles. The van der Waals surface area contributed by atoms with Crippen LogP contribution in [0.25, 0.3) is 0 Å². The lowest BCUT2D eigenvalue weighted by Crippen LogP contribution is -2.25. The van der Waals surface area contributed by atoms with Crippen LogP contribution in [0.2, 0.25) is 0 Å². The van der Waals surface area contributed by atoms with Gasteiger partial charge in [0.25, 0.3) is 0 Å². The number of hydrogen-bond donors (Lipinski definition) is 1. The van der Waals surface area contributed by atoms with Crippen molar-refractivity contribution in [3.63, 3.8) is 0 Å². The van der Waals surface area contributed by atoms with Gasteiger partial charge in [-0.25, -0.2) is 0 Å². The third kappa shape index (κ3) is 3.14. The van der Waals surface area contributed by atoms with Crippen molar-refractivity contribution in [3.8, 4) is 0 Å². The second-order valence-electron chi connectivity index (χ2n) is 6.82. The summed E-state index contributed by atoms with van der Waals surface area (Å²) in [5.41, 5.74) is 2.93. The van der Waals surface area contributed by atoms with Crippen molar-refractivity contribution >= 4 is 0 Å². The van der Waals surface area contributed by atoms with Crippen molar-refractivity contribution in [3.05, 3.63) is 35.4 Å². The molecule has 1 aliphatic rings. The maximum Gasteiger partial charge on any atom is 0.0681 e. The first kappa shape index (κ1) is 13.6. The maximum atomic E-state index is 9.21. The number of rotatable bonds is 2. The van der Waals surface area contributed by atoms with E-state index in [1.54, 1.807) is 0 Å². The molecule has 0 amide bonds. The second kappa shape index (κ2) is 5.44. The summed E-state index contributed by atoms with van der Waals surface area (Å²) in [6.07, 6.45) is 5.29. The fourth-order valence-corrected chi connectivity index (χ4v) is 3.24. The summed E-state index contributed by atoms with van der Waals surface area (Å²) in [4.78, 5) is 0. The summed E-state index contributed by atoms with van der Waals surface area (Å²) >= 11 is 0. The molecule has 0 unspecified atom stereocenters. The fourth-order valence-electron chi connectivity index (χ4n) is 3.24. The molecule has 100 valence electrons. The highest BCUT2D eigenvalue weighted by Crippen LogP contribution is 2.43. The van der Waals surface area contributed by atoms with Crippen LogP contribution in [0.4, 0.5) is 0 Å². The molecule has 1 N–H and O–H groups in total. The topological polar surface area (TPSA) is 20.2 Å². The number of aliphatic hydroxyl groups excluding tert-OH is 1. The normalized spacial score (nSPS) is 25.1.